The summed E-state index contributed by atoms with van der Waals surface area (Å²) in [5.74, 6) is 0.943. The van der Waals surface area contributed by atoms with Gasteiger partial charge in [-0.05, 0) is 35.6 Å². The molecule has 0 aliphatic heterocycles. The minimum absolute atomic E-state index is 0.283. The molecule has 2 nitrogen and oxygen atoms in total. The molecule has 0 amide bonds. The fourth-order valence-corrected chi connectivity index (χ4v) is 2.95. The van der Waals surface area contributed by atoms with E-state index < -0.39 is 0 Å². The number of para-hydroxylation sites is 1. The summed E-state index contributed by atoms with van der Waals surface area (Å²) < 4.78 is 10.5. The summed E-state index contributed by atoms with van der Waals surface area (Å²) in [5.41, 5.74) is 3.80. The lowest BCUT2D eigenvalue weighted by Gasteiger charge is -2.13. The van der Waals surface area contributed by atoms with Crippen molar-refractivity contribution >= 4 is 15.9 Å². The summed E-state index contributed by atoms with van der Waals surface area (Å²) in [4.78, 5) is 0.283. The standard InChI is InChI=1S/C18H21BrO2/c1-20-12-11-14-7-9-15(10-8-14)17(19)13-16-5-3-4-6-18(16)21-2/h3-10,17H,11-13H2,1-2H3. The molecule has 0 spiro atoms. The third kappa shape index (κ3) is 4.58. The lowest BCUT2D eigenvalue weighted by atomic mass is 10.0. The number of rotatable bonds is 7. The second kappa shape index (κ2) is 8.20. The van der Waals surface area contributed by atoms with Gasteiger partial charge in [-0.1, -0.05) is 58.4 Å². The molecule has 0 saturated heterocycles. The highest BCUT2D eigenvalue weighted by molar-refractivity contribution is 9.09. The Kier molecular flexibility index (Phi) is 6.27. The van der Waals surface area contributed by atoms with E-state index in [1.54, 1.807) is 14.2 Å². The number of methoxy groups -OCH3 is 2. The van der Waals surface area contributed by atoms with E-state index >= 15 is 0 Å². The number of benzene rings is 2. The molecule has 1 atom stereocenters. The van der Waals surface area contributed by atoms with Crippen LogP contribution in [0.5, 0.6) is 5.75 Å². The van der Waals surface area contributed by atoms with Crippen molar-refractivity contribution in [1.82, 2.24) is 0 Å². The van der Waals surface area contributed by atoms with Crippen molar-refractivity contribution in [2.75, 3.05) is 20.8 Å². The monoisotopic (exact) mass is 348 g/mol. The average molecular weight is 349 g/mol. The quantitative estimate of drug-likeness (QED) is 0.682. The van der Waals surface area contributed by atoms with Crippen molar-refractivity contribution in [2.24, 2.45) is 0 Å². The van der Waals surface area contributed by atoms with Gasteiger partial charge in [0.25, 0.3) is 0 Å². The maximum atomic E-state index is 5.41. The minimum Gasteiger partial charge on any atom is -0.496 e. The average Bonchev–Trinajstić information content (AvgIpc) is 2.54. The zero-order chi connectivity index (χ0) is 15.1. The van der Waals surface area contributed by atoms with E-state index in [9.17, 15) is 0 Å². The highest BCUT2D eigenvalue weighted by Crippen LogP contribution is 2.30. The van der Waals surface area contributed by atoms with Crippen molar-refractivity contribution in [3.63, 3.8) is 0 Å². The smallest absolute Gasteiger partial charge is 0.122 e. The van der Waals surface area contributed by atoms with Crippen LogP contribution in [0.4, 0.5) is 0 Å². The van der Waals surface area contributed by atoms with Gasteiger partial charge in [-0.15, -0.1) is 0 Å². The Morgan fingerprint density at radius 3 is 2.38 bits per heavy atom. The summed E-state index contributed by atoms with van der Waals surface area (Å²) in [5, 5.41) is 0. The highest BCUT2D eigenvalue weighted by atomic mass is 79.9. The molecule has 21 heavy (non-hydrogen) atoms. The van der Waals surface area contributed by atoms with Gasteiger partial charge in [0.2, 0.25) is 0 Å². The molecule has 0 saturated carbocycles. The fraction of sp³-hybridized carbons (Fsp3) is 0.333. The van der Waals surface area contributed by atoms with Crippen LogP contribution in [0.2, 0.25) is 0 Å². The lowest BCUT2D eigenvalue weighted by molar-refractivity contribution is 0.202. The van der Waals surface area contributed by atoms with Crippen LogP contribution in [-0.4, -0.2) is 20.8 Å². The molecule has 2 aromatic carbocycles. The summed E-state index contributed by atoms with van der Waals surface area (Å²) in [6.45, 7) is 0.762. The van der Waals surface area contributed by atoms with E-state index in [1.165, 1.54) is 16.7 Å². The molecule has 0 bridgehead atoms. The van der Waals surface area contributed by atoms with Crippen LogP contribution in [0.1, 0.15) is 21.5 Å². The zero-order valence-electron chi connectivity index (χ0n) is 12.5. The first kappa shape index (κ1) is 16.1. The second-order valence-corrected chi connectivity index (χ2v) is 6.07. The van der Waals surface area contributed by atoms with E-state index in [-0.39, 0.29) is 4.83 Å². The van der Waals surface area contributed by atoms with Crippen LogP contribution in [0.25, 0.3) is 0 Å². The topological polar surface area (TPSA) is 18.5 Å². The van der Waals surface area contributed by atoms with E-state index in [1.807, 2.05) is 18.2 Å². The van der Waals surface area contributed by atoms with E-state index in [4.69, 9.17) is 9.47 Å². The lowest BCUT2D eigenvalue weighted by Crippen LogP contribution is -1.99. The molecule has 0 heterocycles. The van der Waals surface area contributed by atoms with Gasteiger partial charge in [0.05, 0.1) is 13.7 Å². The molecular weight excluding hydrogens is 328 g/mol. The number of hydrogen-bond acceptors (Lipinski definition) is 2. The SMILES string of the molecule is COCCc1ccc(C(Br)Cc2ccccc2OC)cc1. The first-order valence-electron chi connectivity index (χ1n) is 7.08. The molecule has 2 rings (SSSR count). The second-order valence-electron chi connectivity index (χ2n) is 4.97. The van der Waals surface area contributed by atoms with Gasteiger partial charge in [0, 0.05) is 11.9 Å². The first-order valence-corrected chi connectivity index (χ1v) is 8.00. The number of halogens is 1. The highest BCUT2D eigenvalue weighted by Gasteiger charge is 2.11. The maximum Gasteiger partial charge on any atom is 0.122 e. The van der Waals surface area contributed by atoms with Gasteiger partial charge in [-0.2, -0.15) is 0 Å². The Labute approximate surface area is 135 Å². The van der Waals surface area contributed by atoms with Crippen LogP contribution >= 0.6 is 15.9 Å². The molecule has 0 radical (unpaired) electrons. The van der Waals surface area contributed by atoms with Crippen LogP contribution in [0.3, 0.4) is 0 Å². The van der Waals surface area contributed by atoms with Gasteiger partial charge in [0.15, 0.2) is 0 Å². The van der Waals surface area contributed by atoms with Gasteiger partial charge in [-0.3, -0.25) is 0 Å². The predicted octanol–water partition coefficient (Wildman–Crippen LogP) is 4.56. The maximum absolute atomic E-state index is 5.41. The number of alkyl halides is 1. The third-order valence-corrected chi connectivity index (χ3v) is 4.38. The van der Waals surface area contributed by atoms with E-state index in [2.05, 4.69) is 46.3 Å². The number of ether oxygens (including phenoxy) is 2. The largest absolute Gasteiger partial charge is 0.496 e. The van der Waals surface area contributed by atoms with E-state index in [0.29, 0.717) is 0 Å². The molecular formula is C18H21BrO2. The Hall–Kier alpha value is -1.32. The minimum atomic E-state index is 0.283. The summed E-state index contributed by atoms with van der Waals surface area (Å²) >= 11 is 3.78. The van der Waals surface area contributed by atoms with Crippen LogP contribution in [0, 0.1) is 0 Å². The fourth-order valence-electron chi connectivity index (χ4n) is 2.30. The molecule has 0 aromatic heterocycles. The summed E-state index contributed by atoms with van der Waals surface area (Å²) in [6.07, 6.45) is 1.86. The van der Waals surface area contributed by atoms with Crippen molar-refractivity contribution < 1.29 is 9.47 Å². The molecule has 0 N–H and O–H groups in total. The Bertz CT molecular complexity index is 551. The Balaban J connectivity index is 2.04. The normalized spacial score (nSPS) is 12.1. The van der Waals surface area contributed by atoms with Gasteiger partial charge < -0.3 is 9.47 Å². The molecule has 2 aromatic rings. The van der Waals surface area contributed by atoms with Crippen LogP contribution in [0.15, 0.2) is 48.5 Å². The first-order chi connectivity index (χ1) is 10.2. The predicted molar refractivity (Wildman–Crippen MR) is 90.4 cm³/mol. The molecule has 0 aliphatic carbocycles. The molecule has 0 fully saturated rings. The molecule has 0 aliphatic rings. The Morgan fingerprint density at radius 1 is 1.00 bits per heavy atom. The van der Waals surface area contributed by atoms with Gasteiger partial charge in [-0.25, -0.2) is 0 Å². The summed E-state index contributed by atoms with van der Waals surface area (Å²) in [6, 6.07) is 16.9. The van der Waals surface area contributed by atoms with Gasteiger partial charge >= 0.3 is 0 Å². The molecule has 1 unspecified atom stereocenters. The zero-order valence-corrected chi connectivity index (χ0v) is 14.1. The molecule has 3 heteroatoms. The summed E-state index contributed by atoms with van der Waals surface area (Å²) in [7, 11) is 3.45. The van der Waals surface area contributed by atoms with Crippen LogP contribution in [-0.2, 0) is 17.6 Å². The van der Waals surface area contributed by atoms with Crippen molar-refractivity contribution in [3.05, 3.63) is 65.2 Å². The van der Waals surface area contributed by atoms with Crippen molar-refractivity contribution in [3.8, 4) is 5.75 Å². The van der Waals surface area contributed by atoms with E-state index in [0.717, 1.165) is 25.2 Å². The van der Waals surface area contributed by atoms with Crippen molar-refractivity contribution in [1.29, 1.82) is 0 Å². The van der Waals surface area contributed by atoms with Crippen LogP contribution < -0.4 is 4.74 Å². The van der Waals surface area contributed by atoms with Crippen molar-refractivity contribution in [2.45, 2.75) is 17.7 Å². The Morgan fingerprint density at radius 2 is 1.71 bits per heavy atom. The number of hydrogen-bond donors (Lipinski definition) is 0. The molecule has 112 valence electrons. The van der Waals surface area contributed by atoms with Gasteiger partial charge in [0.1, 0.15) is 5.75 Å². The third-order valence-electron chi connectivity index (χ3n) is 3.53.